The monoisotopic (exact) mass is 411 g/mol. The van der Waals surface area contributed by atoms with Crippen molar-refractivity contribution in [2.24, 2.45) is 0 Å². The first kappa shape index (κ1) is 18.9. The number of carbonyl (C=O) groups is 2. The van der Waals surface area contributed by atoms with Gasteiger partial charge in [0.05, 0.1) is 11.8 Å². The molecule has 0 saturated carbocycles. The minimum absolute atomic E-state index is 0.248. The summed E-state index contributed by atoms with van der Waals surface area (Å²) in [5, 5.41) is 4.79. The van der Waals surface area contributed by atoms with E-state index in [9.17, 15) is 9.59 Å². The normalized spacial score (nSPS) is 15.4. The molecule has 0 spiro atoms. The summed E-state index contributed by atoms with van der Waals surface area (Å²) in [5.41, 5.74) is 4.47. The van der Waals surface area contributed by atoms with Gasteiger partial charge in [0.15, 0.2) is 12.8 Å². The number of halogens is 1. The Bertz CT molecular complexity index is 1050. The maximum Gasteiger partial charge on any atom is 0.276 e. The van der Waals surface area contributed by atoms with Crippen LogP contribution in [0.5, 0.6) is 5.75 Å². The van der Waals surface area contributed by atoms with E-state index in [2.05, 4.69) is 10.7 Å². The zero-order chi connectivity index (χ0) is 20.4. The molecule has 0 aliphatic carbocycles. The fourth-order valence-electron chi connectivity index (χ4n) is 3.07. The molecule has 1 aliphatic heterocycles. The van der Waals surface area contributed by atoms with Crippen LogP contribution in [-0.4, -0.2) is 23.4 Å². The smallest absolute Gasteiger partial charge is 0.276 e. The van der Waals surface area contributed by atoms with E-state index in [1.54, 1.807) is 36.4 Å². The highest BCUT2D eigenvalue weighted by Crippen LogP contribution is 2.33. The molecular formula is C21H18ClN3O4. The Morgan fingerprint density at radius 1 is 1.24 bits per heavy atom. The molecule has 2 N–H and O–H groups in total. The number of hydrogen-bond donors (Lipinski definition) is 2. The Balaban J connectivity index is 1.55. The fourth-order valence-corrected chi connectivity index (χ4v) is 3.24. The molecule has 2 heterocycles. The molecule has 7 nitrogen and oxygen atoms in total. The third-order valence-electron chi connectivity index (χ3n) is 4.49. The van der Waals surface area contributed by atoms with Crippen molar-refractivity contribution >= 4 is 29.1 Å². The minimum Gasteiger partial charge on any atom is -0.483 e. The Hall–Kier alpha value is -3.45. The summed E-state index contributed by atoms with van der Waals surface area (Å²) in [4.78, 5) is 25.6. The van der Waals surface area contributed by atoms with Crippen molar-refractivity contribution in [1.29, 1.82) is 0 Å². The van der Waals surface area contributed by atoms with Crippen molar-refractivity contribution in [3.8, 4) is 5.75 Å². The molecule has 1 aromatic heterocycles. The summed E-state index contributed by atoms with van der Waals surface area (Å²) in [5.74, 6) is 0.182. The van der Waals surface area contributed by atoms with E-state index in [0.29, 0.717) is 27.8 Å². The zero-order valence-corrected chi connectivity index (χ0v) is 16.3. The topological polar surface area (TPSA) is 83.8 Å². The van der Waals surface area contributed by atoms with Crippen LogP contribution in [0.1, 0.15) is 27.8 Å². The number of nitrogens with zero attached hydrogens (tertiary/aromatic N) is 1. The number of aryl methyl sites for hydroxylation is 1. The van der Waals surface area contributed by atoms with Gasteiger partial charge in [0.1, 0.15) is 11.5 Å². The lowest BCUT2D eigenvalue weighted by molar-refractivity contribution is -0.127. The average Bonchev–Trinajstić information content (AvgIpc) is 3.24. The quantitative estimate of drug-likeness (QED) is 0.664. The lowest BCUT2D eigenvalue weighted by Crippen LogP contribution is -2.53. The van der Waals surface area contributed by atoms with Gasteiger partial charge in [0, 0.05) is 10.7 Å². The van der Waals surface area contributed by atoms with Crippen molar-refractivity contribution < 1.29 is 18.7 Å². The molecule has 2 amide bonds. The molecule has 1 unspecified atom stereocenters. The largest absolute Gasteiger partial charge is 0.483 e. The maximum absolute atomic E-state index is 13.1. The summed E-state index contributed by atoms with van der Waals surface area (Å²) in [6.07, 6.45) is 0.786. The fraction of sp³-hybridized carbons (Fsp3) is 0.143. The summed E-state index contributed by atoms with van der Waals surface area (Å²) in [6, 6.07) is 15.8. The van der Waals surface area contributed by atoms with Gasteiger partial charge in [-0.3, -0.25) is 15.0 Å². The number of fused-ring (bicyclic) bond motifs is 1. The summed E-state index contributed by atoms with van der Waals surface area (Å²) in [6.45, 7) is 1.64. The van der Waals surface area contributed by atoms with Gasteiger partial charge in [-0.15, -0.1) is 0 Å². The number of ether oxygens (including phenoxy) is 1. The molecule has 0 saturated heterocycles. The highest BCUT2D eigenvalue weighted by molar-refractivity contribution is 6.31. The first-order valence-corrected chi connectivity index (χ1v) is 9.31. The third kappa shape index (κ3) is 3.90. The van der Waals surface area contributed by atoms with E-state index in [0.717, 1.165) is 5.56 Å². The number of amides is 2. The molecule has 29 heavy (non-hydrogen) atoms. The van der Waals surface area contributed by atoms with Gasteiger partial charge < -0.3 is 14.5 Å². The Labute approximate surface area is 172 Å². The van der Waals surface area contributed by atoms with Gasteiger partial charge in [-0.05, 0) is 48.9 Å². The van der Waals surface area contributed by atoms with Crippen LogP contribution in [0.2, 0.25) is 5.02 Å². The Morgan fingerprint density at radius 3 is 2.83 bits per heavy atom. The van der Waals surface area contributed by atoms with Crippen LogP contribution >= 0.6 is 11.6 Å². The van der Waals surface area contributed by atoms with Crippen LogP contribution in [0, 0.1) is 6.92 Å². The second kappa shape index (κ2) is 7.89. The van der Waals surface area contributed by atoms with E-state index in [-0.39, 0.29) is 6.61 Å². The van der Waals surface area contributed by atoms with Crippen molar-refractivity contribution in [2.75, 3.05) is 11.9 Å². The molecule has 148 valence electrons. The molecule has 0 radical (unpaired) electrons. The van der Waals surface area contributed by atoms with Crippen LogP contribution in [0.25, 0.3) is 0 Å². The molecule has 8 heteroatoms. The predicted octanol–water partition coefficient (Wildman–Crippen LogP) is 3.92. The number of benzene rings is 2. The van der Waals surface area contributed by atoms with E-state index in [1.807, 2.05) is 25.1 Å². The van der Waals surface area contributed by atoms with E-state index in [1.165, 1.54) is 11.3 Å². The molecule has 1 aliphatic rings. The molecule has 2 aromatic carbocycles. The number of hydrogen-bond acceptors (Lipinski definition) is 5. The second-order valence-electron chi connectivity index (χ2n) is 6.52. The lowest BCUT2D eigenvalue weighted by atomic mass is 10.1. The number of nitrogens with one attached hydrogen (secondary N) is 2. The van der Waals surface area contributed by atoms with E-state index >= 15 is 0 Å². The first-order valence-electron chi connectivity index (χ1n) is 8.94. The maximum atomic E-state index is 13.1. The highest BCUT2D eigenvalue weighted by Gasteiger charge is 2.36. The van der Waals surface area contributed by atoms with Crippen molar-refractivity contribution in [3.63, 3.8) is 0 Å². The van der Waals surface area contributed by atoms with Crippen LogP contribution < -0.4 is 15.5 Å². The van der Waals surface area contributed by atoms with Crippen LogP contribution in [0.4, 0.5) is 5.69 Å². The lowest BCUT2D eigenvalue weighted by Gasteiger charge is -2.36. The van der Waals surface area contributed by atoms with Gasteiger partial charge >= 0.3 is 0 Å². The van der Waals surface area contributed by atoms with E-state index < -0.39 is 18.0 Å². The molecule has 3 aromatic rings. The van der Waals surface area contributed by atoms with Crippen LogP contribution in [0.3, 0.4) is 0 Å². The summed E-state index contributed by atoms with van der Waals surface area (Å²) in [7, 11) is 0. The SMILES string of the molecule is Cc1ccccc1OCC(=O)NN1C(=O)c2cc(Cl)ccc2NC1c1ccco1. The highest BCUT2D eigenvalue weighted by atomic mass is 35.5. The molecular weight excluding hydrogens is 394 g/mol. The number of hydrazine groups is 1. The van der Waals surface area contributed by atoms with Gasteiger partial charge in [-0.2, -0.15) is 0 Å². The standard InChI is InChI=1S/C21H18ClN3O4/c1-13-5-2-3-6-17(13)29-12-19(26)24-25-20(18-7-4-10-28-18)23-16-9-8-14(22)11-15(16)21(25)27/h2-11,20,23H,12H2,1H3,(H,24,26). The van der Waals surface area contributed by atoms with Gasteiger partial charge in [-0.1, -0.05) is 29.8 Å². The predicted molar refractivity (Wildman–Crippen MR) is 108 cm³/mol. The average molecular weight is 412 g/mol. The number of furan rings is 1. The van der Waals surface area contributed by atoms with Crippen molar-refractivity contribution in [1.82, 2.24) is 10.4 Å². The minimum atomic E-state index is -0.714. The third-order valence-corrected chi connectivity index (χ3v) is 4.73. The zero-order valence-electron chi connectivity index (χ0n) is 15.5. The van der Waals surface area contributed by atoms with Crippen LogP contribution in [-0.2, 0) is 4.79 Å². The number of anilines is 1. The molecule has 0 bridgehead atoms. The first-order chi connectivity index (χ1) is 14.0. The van der Waals surface area contributed by atoms with E-state index in [4.69, 9.17) is 20.8 Å². The van der Waals surface area contributed by atoms with Gasteiger partial charge in [0.2, 0.25) is 0 Å². The van der Waals surface area contributed by atoms with Gasteiger partial charge in [-0.25, -0.2) is 5.01 Å². The molecule has 4 rings (SSSR count). The molecule has 1 atom stereocenters. The van der Waals surface area contributed by atoms with Gasteiger partial charge in [0.25, 0.3) is 11.8 Å². The van der Waals surface area contributed by atoms with Crippen molar-refractivity contribution in [3.05, 3.63) is 82.8 Å². The summed E-state index contributed by atoms with van der Waals surface area (Å²) < 4.78 is 11.0. The van der Waals surface area contributed by atoms with Crippen LogP contribution in [0.15, 0.2) is 65.3 Å². The number of carbonyl (C=O) groups excluding carboxylic acids is 2. The Kier molecular flexibility index (Phi) is 5.14. The second-order valence-corrected chi connectivity index (χ2v) is 6.95. The number of para-hydroxylation sites is 1. The number of rotatable bonds is 5. The van der Waals surface area contributed by atoms with Crippen molar-refractivity contribution in [2.45, 2.75) is 13.1 Å². The summed E-state index contributed by atoms with van der Waals surface area (Å²) >= 11 is 6.04. The molecule has 0 fully saturated rings. The Morgan fingerprint density at radius 2 is 2.07 bits per heavy atom.